The van der Waals surface area contributed by atoms with E-state index in [0.29, 0.717) is 6.04 Å². The van der Waals surface area contributed by atoms with Gasteiger partial charge in [-0.15, -0.1) is 11.3 Å². The Bertz CT molecular complexity index is 885. The van der Waals surface area contributed by atoms with Crippen molar-refractivity contribution in [1.82, 2.24) is 14.3 Å². The van der Waals surface area contributed by atoms with Gasteiger partial charge in [0.1, 0.15) is 5.65 Å². The molecule has 23 heavy (non-hydrogen) atoms. The van der Waals surface area contributed by atoms with Gasteiger partial charge in [-0.3, -0.25) is 14.1 Å². The minimum atomic E-state index is 0.000528. The van der Waals surface area contributed by atoms with Crippen LogP contribution in [0.4, 0.5) is 0 Å². The van der Waals surface area contributed by atoms with Crippen LogP contribution in [0.5, 0.6) is 0 Å². The fourth-order valence-electron chi connectivity index (χ4n) is 3.37. The molecule has 0 amide bonds. The second-order valence-corrected chi connectivity index (χ2v) is 7.14. The van der Waals surface area contributed by atoms with Crippen LogP contribution in [0.2, 0.25) is 0 Å². The molecule has 1 atom stereocenters. The van der Waals surface area contributed by atoms with Gasteiger partial charge in [-0.05, 0) is 49.4 Å². The van der Waals surface area contributed by atoms with E-state index in [1.54, 1.807) is 10.5 Å². The van der Waals surface area contributed by atoms with E-state index in [1.165, 1.54) is 17.7 Å². The fourth-order valence-corrected chi connectivity index (χ4v) is 4.26. The van der Waals surface area contributed by atoms with Crippen molar-refractivity contribution in [1.29, 1.82) is 0 Å². The third kappa shape index (κ3) is 2.82. The van der Waals surface area contributed by atoms with Gasteiger partial charge in [0.2, 0.25) is 0 Å². The molecule has 0 bridgehead atoms. The van der Waals surface area contributed by atoms with Gasteiger partial charge in [-0.1, -0.05) is 12.1 Å². The number of fused-ring (bicyclic) bond motifs is 1. The highest BCUT2D eigenvalue weighted by molar-refractivity contribution is 7.10. The molecule has 4 rings (SSSR count). The van der Waals surface area contributed by atoms with Crippen LogP contribution in [0.3, 0.4) is 0 Å². The first kappa shape index (κ1) is 14.6. The van der Waals surface area contributed by atoms with E-state index >= 15 is 0 Å². The number of rotatable bonds is 3. The quantitative estimate of drug-likeness (QED) is 0.741. The summed E-state index contributed by atoms with van der Waals surface area (Å²) in [6.07, 6.45) is 4.24. The van der Waals surface area contributed by atoms with Crippen LogP contribution in [0.1, 0.15) is 35.0 Å². The Hall–Kier alpha value is -1.98. The number of likely N-dealkylation sites (tertiary alicyclic amines) is 1. The summed E-state index contributed by atoms with van der Waals surface area (Å²) in [6.45, 7) is 3.79. The van der Waals surface area contributed by atoms with Crippen LogP contribution in [0.25, 0.3) is 5.65 Å². The molecule has 4 heterocycles. The first-order valence-corrected chi connectivity index (χ1v) is 8.85. The average molecular weight is 325 g/mol. The lowest BCUT2D eigenvalue weighted by molar-refractivity contribution is 0.248. The Balaban J connectivity index is 1.65. The van der Waals surface area contributed by atoms with E-state index in [-0.39, 0.29) is 5.56 Å². The molecule has 0 saturated carbocycles. The number of nitrogens with zero attached hydrogens (tertiary/aromatic N) is 3. The lowest BCUT2D eigenvalue weighted by Gasteiger charge is -2.23. The van der Waals surface area contributed by atoms with E-state index in [4.69, 9.17) is 0 Å². The maximum absolute atomic E-state index is 12.3. The second-order valence-electron chi connectivity index (χ2n) is 6.16. The van der Waals surface area contributed by atoms with Crippen molar-refractivity contribution in [3.8, 4) is 0 Å². The van der Waals surface area contributed by atoms with E-state index in [2.05, 4.69) is 27.4 Å². The van der Waals surface area contributed by atoms with Gasteiger partial charge >= 0.3 is 0 Å². The highest BCUT2D eigenvalue weighted by Crippen LogP contribution is 2.35. The van der Waals surface area contributed by atoms with Gasteiger partial charge in [0, 0.05) is 29.7 Å². The number of hydrogen-bond donors (Lipinski definition) is 0. The summed E-state index contributed by atoms with van der Waals surface area (Å²) in [5.41, 5.74) is 2.65. The summed E-state index contributed by atoms with van der Waals surface area (Å²) in [4.78, 5) is 20.9. The van der Waals surface area contributed by atoms with Gasteiger partial charge in [0.25, 0.3) is 5.56 Å². The Labute approximate surface area is 139 Å². The summed E-state index contributed by atoms with van der Waals surface area (Å²) < 4.78 is 1.62. The average Bonchev–Trinajstić information content (AvgIpc) is 3.19. The van der Waals surface area contributed by atoms with Crippen LogP contribution in [-0.2, 0) is 6.54 Å². The van der Waals surface area contributed by atoms with Crippen molar-refractivity contribution < 1.29 is 0 Å². The zero-order valence-electron chi connectivity index (χ0n) is 13.1. The van der Waals surface area contributed by atoms with E-state index in [0.717, 1.165) is 30.0 Å². The molecular formula is C18H19N3OS. The van der Waals surface area contributed by atoms with Crippen LogP contribution in [0.15, 0.2) is 46.7 Å². The normalized spacial score (nSPS) is 18.7. The molecule has 1 aliphatic heterocycles. The molecule has 1 saturated heterocycles. The van der Waals surface area contributed by atoms with Crippen molar-refractivity contribution in [2.24, 2.45) is 0 Å². The topological polar surface area (TPSA) is 37.6 Å². The number of hydrogen-bond acceptors (Lipinski definition) is 4. The maximum atomic E-state index is 12.3. The third-order valence-electron chi connectivity index (χ3n) is 4.46. The summed E-state index contributed by atoms with van der Waals surface area (Å²) >= 11 is 1.81. The largest absolute Gasteiger partial charge is 0.290 e. The Morgan fingerprint density at radius 2 is 2.26 bits per heavy atom. The first-order chi connectivity index (χ1) is 11.2. The third-order valence-corrected chi connectivity index (χ3v) is 5.43. The molecule has 118 valence electrons. The molecule has 0 unspecified atom stereocenters. The second kappa shape index (κ2) is 5.91. The van der Waals surface area contributed by atoms with Crippen molar-refractivity contribution in [3.63, 3.8) is 0 Å². The minimum absolute atomic E-state index is 0.000528. The molecule has 1 aliphatic rings. The number of aromatic nitrogens is 2. The highest BCUT2D eigenvalue weighted by atomic mass is 32.1. The monoisotopic (exact) mass is 325 g/mol. The highest BCUT2D eigenvalue weighted by Gasteiger charge is 2.27. The number of pyridine rings is 1. The predicted octanol–water partition coefficient (Wildman–Crippen LogP) is 3.40. The Kier molecular flexibility index (Phi) is 3.75. The molecule has 0 radical (unpaired) electrons. The van der Waals surface area contributed by atoms with Crippen LogP contribution in [0, 0.1) is 6.92 Å². The molecule has 4 nitrogen and oxygen atoms in total. The SMILES string of the molecule is Cc1ccc2nc(CN3CCC[C@H]3c3cccs3)cc(=O)n2c1. The molecule has 3 aromatic heterocycles. The summed E-state index contributed by atoms with van der Waals surface area (Å²) in [7, 11) is 0. The molecule has 0 aliphatic carbocycles. The summed E-state index contributed by atoms with van der Waals surface area (Å²) in [5, 5.41) is 2.13. The van der Waals surface area contributed by atoms with E-state index < -0.39 is 0 Å². The number of aryl methyl sites for hydroxylation is 1. The van der Waals surface area contributed by atoms with Gasteiger partial charge in [0.05, 0.1) is 5.69 Å². The van der Waals surface area contributed by atoms with Gasteiger partial charge in [-0.2, -0.15) is 0 Å². The number of thiophene rings is 1. The predicted molar refractivity (Wildman–Crippen MR) is 92.9 cm³/mol. The van der Waals surface area contributed by atoms with Crippen molar-refractivity contribution >= 4 is 17.0 Å². The summed E-state index contributed by atoms with van der Waals surface area (Å²) in [5.74, 6) is 0. The van der Waals surface area contributed by atoms with Gasteiger partial charge < -0.3 is 0 Å². The zero-order valence-corrected chi connectivity index (χ0v) is 13.9. The lowest BCUT2D eigenvalue weighted by Crippen LogP contribution is -2.25. The molecule has 1 fully saturated rings. The minimum Gasteiger partial charge on any atom is -0.290 e. The van der Waals surface area contributed by atoms with Crippen LogP contribution in [-0.4, -0.2) is 20.8 Å². The van der Waals surface area contributed by atoms with Crippen LogP contribution < -0.4 is 5.56 Å². The molecule has 5 heteroatoms. The smallest absolute Gasteiger partial charge is 0.258 e. The Morgan fingerprint density at radius 3 is 3.09 bits per heavy atom. The molecule has 0 N–H and O–H groups in total. The lowest BCUT2D eigenvalue weighted by atomic mass is 10.2. The molecular weight excluding hydrogens is 306 g/mol. The van der Waals surface area contributed by atoms with Gasteiger partial charge in [-0.25, -0.2) is 4.98 Å². The molecule has 0 spiro atoms. The summed E-state index contributed by atoms with van der Waals surface area (Å²) in [6, 6.07) is 10.4. The van der Waals surface area contributed by atoms with E-state index in [1.807, 2.05) is 36.6 Å². The maximum Gasteiger partial charge on any atom is 0.258 e. The van der Waals surface area contributed by atoms with E-state index in [9.17, 15) is 4.79 Å². The van der Waals surface area contributed by atoms with Crippen molar-refractivity contribution in [2.75, 3.05) is 6.54 Å². The standard InChI is InChI=1S/C18H19N3OS/c1-13-6-7-17-19-14(10-18(22)21(17)11-13)12-20-8-2-4-15(20)16-5-3-9-23-16/h3,5-7,9-11,15H,2,4,8,12H2,1H3/t15-/m0/s1. The Morgan fingerprint density at radius 1 is 1.35 bits per heavy atom. The first-order valence-electron chi connectivity index (χ1n) is 7.97. The van der Waals surface area contributed by atoms with Crippen LogP contribution >= 0.6 is 11.3 Å². The van der Waals surface area contributed by atoms with Crippen molar-refractivity contribution in [3.05, 3.63) is 68.4 Å². The fraction of sp³-hybridized carbons (Fsp3) is 0.333. The molecule has 0 aromatic carbocycles. The zero-order chi connectivity index (χ0) is 15.8. The molecule has 3 aromatic rings. The van der Waals surface area contributed by atoms with Gasteiger partial charge in [0.15, 0.2) is 0 Å². The van der Waals surface area contributed by atoms with Crippen molar-refractivity contribution in [2.45, 2.75) is 32.4 Å².